The van der Waals surface area contributed by atoms with E-state index in [1.54, 1.807) is 12.1 Å². The molecule has 0 amide bonds. The molecule has 0 saturated carbocycles. The third-order valence-electron chi connectivity index (χ3n) is 6.22. The predicted octanol–water partition coefficient (Wildman–Crippen LogP) is 6.63. The summed E-state index contributed by atoms with van der Waals surface area (Å²) >= 11 is 0. The highest BCUT2D eigenvalue weighted by Crippen LogP contribution is 2.27. The molecule has 1 N–H and O–H groups in total. The summed E-state index contributed by atoms with van der Waals surface area (Å²) in [6, 6.07) is 25.8. The topological polar surface area (TPSA) is 71.8 Å². The molecule has 35 heavy (non-hydrogen) atoms. The normalized spacial score (nSPS) is 11.3. The van der Waals surface area contributed by atoms with Gasteiger partial charge in [0.05, 0.1) is 18.4 Å². The summed E-state index contributed by atoms with van der Waals surface area (Å²) in [6.45, 7) is 4.04. The number of oxime groups is 1. The second kappa shape index (κ2) is 10.8. The monoisotopic (exact) mass is 464 g/mol. The molecule has 0 saturated heterocycles. The zero-order valence-corrected chi connectivity index (χ0v) is 20.2. The van der Waals surface area contributed by atoms with Gasteiger partial charge in [-0.2, -0.15) is 0 Å². The maximum atomic E-state index is 11.6. The summed E-state index contributed by atoms with van der Waals surface area (Å²) in [6.07, 6.45) is 3.18. The molecule has 0 radical (unpaired) electrons. The van der Waals surface area contributed by atoms with Crippen LogP contribution in [0.15, 0.2) is 90.2 Å². The van der Waals surface area contributed by atoms with Gasteiger partial charge in [0, 0.05) is 17.5 Å². The van der Waals surface area contributed by atoms with Crippen molar-refractivity contribution in [1.82, 2.24) is 4.98 Å². The number of hydrogen-bond donors (Lipinski definition) is 1. The lowest BCUT2D eigenvalue weighted by Crippen LogP contribution is -2.06. The molecule has 176 valence electrons. The van der Waals surface area contributed by atoms with E-state index in [0.717, 1.165) is 51.1 Å². The maximum absolute atomic E-state index is 11.6. The first-order valence-corrected chi connectivity index (χ1v) is 11.5. The summed E-state index contributed by atoms with van der Waals surface area (Å²) in [5, 5.41) is 13.5. The second-order valence-corrected chi connectivity index (χ2v) is 8.48. The van der Waals surface area contributed by atoms with E-state index < -0.39 is 0 Å². The average molecular weight is 465 g/mol. The third kappa shape index (κ3) is 5.46. The molecule has 0 atom stereocenters. The largest absolute Gasteiger partial charge is 0.465 e. The molecule has 0 aliphatic heterocycles. The predicted molar refractivity (Wildman–Crippen MR) is 139 cm³/mol. The lowest BCUT2D eigenvalue weighted by atomic mass is 9.92. The maximum Gasteiger partial charge on any atom is 0.337 e. The minimum absolute atomic E-state index is 0.343. The molecule has 0 aliphatic rings. The van der Waals surface area contributed by atoms with Crippen molar-refractivity contribution in [3.05, 3.63) is 113 Å². The van der Waals surface area contributed by atoms with Gasteiger partial charge in [-0.1, -0.05) is 59.8 Å². The van der Waals surface area contributed by atoms with Crippen molar-refractivity contribution in [2.45, 2.75) is 26.7 Å². The summed E-state index contributed by atoms with van der Waals surface area (Å²) in [7, 11) is 1.38. The van der Waals surface area contributed by atoms with Gasteiger partial charge < -0.3 is 9.94 Å². The summed E-state index contributed by atoms with van der Waals surface area (Å²) in [5.41, 5.74) is 9.64. The molecule has 0 bridgehead atoms. The van der Waals surface area contributed by atoms with Crippen LogP contribution in [0.2, 0.25) is 0 Å². The molecular weight excluding hydrogens is 436 g/mol. The third-order valence-corrected chi connectivity index (χ3v) is 6.22. The molecule has 4 aromatic rings. The van der Waals surface area contributed by atoms with Crippen LogP contribution >= 0.6 is 0 Å². The highest BCUT2D eigenvalue weighted by molar-refractivity contribution is 6.03. The number of carbonyl (C=O) groups excluding carboxylic acids is 1. The van der Waals surface area contributed by atoms with Crippen molar-refractivity contribution in [3.8, 4) is 22.3 Å². The van der Waals surface area contributed by atoms with E-state index in [2.05, 4.69) is 53.5 Å². The summed E-state index contributed by atoms with van der Waals surface area (Å²) in [5.74, 6) is -0.343. The van der Waals surface area contributed by atoms with Crippen molar-refractivity contribution in [2.75, 3.05) is 7.11 Å². The first kappa shape index (κ1) is 23.9. The van der Waals surface area contributed by atoms with Gasteiger partial charge in [-0.05, 0) is 84.3 Å². The second-order valence-electron chi connectivity index (χ2n) is 8.48. The molecule has 1 aromatic heterocycles. The van der Waals surface area contributed by atoms with Gasteiger partial charge in [-0.15, -0.1) is 0 Å². The number of carbonyl (C=O) groups is 1. The van der Waals surface area contributed by atoms with Gasteiger partial charge in [0.2, 0.25) is 0 Å². The molecule has 0 unspecified atom stereocenters. The first-order valence-electron chi connectivity index (χ1n) is 11.5. The van der Waals surface area contributed by atoms with E-state index in [9.17, 15) is 10.0 Å². The molecule has 0 spiro atoms. The van der Waals surface area contributed by atoms with Gasteiger partial charge in [-0.3, -0.25) is 4.98 Å². The highest BCUT2D eigenvalue weighted by Gasteiger charge is 2.13. The zero-order valence-electron chi connectivity index (χ0n) is 20.2. The minimum atomic E-state index is -0.343. The Morgan fingerprint density at radius 1 is 0.914 bits per heavy atom. The summed E-state index contributed by atoms with van der Waals surface area (Å²) < 4.78 is 4.76. The molecular formula is C30H28N2O3. The van der Waals surface area contributed by atoms with Crippen LogP contribution in [0.25, 0.3) is 22.3 Å². The van der Waals surface area contributed by atoms with Gasteiger partial charge in [0.15, 0.2) is 0 Å². The van der Waals surface area contributed by atoms with Crippen LogP contribution in [0.1, 0.15) is 39.2 Å². The van der Waals surface area contributed by atoms with Crippen LogP contribution in [0, 0.1) is 13.8 Å². The van der Waals surface area contributed by atoms with E-state index in [1.165, 1.54) is 7.11 Å². The number of ether oxygens (including phenoxy) is 1. The average Bonchev–Trinajstić information content (AvgIpc) is 2.90. The minimum Gasteiger partial charge on any atom is -0.465 e. The van der Waals surface area contributed by atoms with Crippen LogP contribution in [0.4, 0.5) is 0 Å². The Kier molecular flexibility index (Phi) is 7.36. The van der Waals surface area contributed by atoms with E-state index in [-0.39, 0.29) is 5.97 Å². The Balaban J connectivity index is 1.47. The molecule has 0 aliphatic carbocycles. The molecule has 1 heterocycles. The smallest absolute Gasteiger partial charge is 0.337 e. The number of rotatable bonds is 7. The SMILES string of the molecule is COC(=O)c1ccc(-c2ccc(CC/C(=N/O)c3cccc(-c4ccnc(C)c4)c3C)cc2)cc1. The van der Waals surface area contributed by atoms with Crippen LogP contribution in [-0.2, 0) is 11.2 Å². The lowest BCUT2D eigenvalue weighted by Gasteiger charge is -2.13. The number of aryl methyl sites for hydroxylation is 2. The quantitative estimate of drug-likeness (QED) is 0.144. The first-order chi connectivity index (χ1) is 17.0. The molecule has 5 nitrogen and oxygen atoms in total. The molecule has 3 aromatic carbocycles. The number of benzene rings is 3. The van der Waals surface area contributed by atoms with E-state index >= 15 is 0 Å². The fraction of sp³-hybridized carbons (Fsp3) is 0.167. The fourth-order valence-corrected chi connectivity index (χ4v) is 4.26. The van der Waals surface area contributed by atoms with Crippen LogP contribution < -0.4 is 0 Å². The van der Waals surface area contributed by atoms with Gasteiger partial charge >= 0.3 is 5.97 Å². The Morgan fingerprint density at radius 2 is 1.60 bits per heavy atom. The number of esters is 1. The summed E-state index contributed by atoms with van der Waals surface area (Å²) in [4.78, 5) is 15.9. The Hall–Kier alpha value is -4.25. The standard InChI is InChI=1S/C30H28N2O3/c1-20-19-26(17-18-31-20)27-5-4-6-28(21(27)2)29(32-34)16-9-22-7-10-23(11-8-22)24-12-14-25(15-13-24)30(33)35-3/h4-8,10-15,17-19,34H,9,16H2,1-3H3/b32-29-. The van der Waals surface area contributed by atoms with E-state index in [1.807, 2.05) is 43.5 Å². The zero-order chi connectivity index (χ0) is 24.8. The van der Waals surface area contributed by atoms with E-state index in [4.69, 9.17) is 4.74 Å². The van der Waals surface area contributed by atoms with Crippen LogP contribution in [0.3, 0.4) is 0 Å². The Morgan fingerprint density at radius 3 is 2.23 bits per heavy atom. The van der Waals surface area contributed by atoms with Crippen molar-refractivity contribution < 1.29 is 14.7 Å². The van der Waals surface area contributed by atoms with Crippen LogP contribution in [-0.4, -0.2) is 29.0 Å². The van der Waals surface area contributed by atoms with Crippen molar-refractivity contribution >= 4 is 11.7 Å². The molecule has 4 rings (SSSR count). The van der Waals surface area contributed by atoms with Crippen molar-refractivity contribution in [3.63, 3.8) is 0 Å². The number of methoxy groups -OCH3 is 1. The number of nitrogens with zero attached hydrogens (tertiary/aromatic N) is 2. The van der Waals surface area contributed by atoms with Gasteiger partial charge in [0.1, 0.15) is 0 Å². The highest BCUT2D eigenvalue weighted by atomic mass is 16.5. The Bertz CT molecular complexity index is 1360. The fourth-order valence-electron chi connectivity index (χ4n) is 4.26. The number of hydrogen-bond acceptors (Lipinski definition) is 5. The number of pyridine rings is 1. The van der Waals surface area contributed by atoms with Crippen molar-refractivity contribution in [1.29, 1.82) is 0 Å². The van der Waals surface area contributed by atoms with Gasteiger partial charge in [0.25, 0.3) is 0 Å². The number of aromatic nitrogens is 1. The van der Waals surface area contributed by atoms with Gasteiger partial charge in [-0.25, -0.2) is 4.79 Å². The van der Waals surface area contributed by atoms with Crippen molar-refractivity contribution in [2.24, 2.45) is 5.16 Å². The molecule has 0 fully saturated rings. The van der Waals surface area contributed by atoms with Crippen LogP contribution in [0.5, 0.6) is 0 Å². The van der Waals surface area contributed by atoms with E-state index in [0.29, 0.717) is 17.7 Å². The Labute approximate surface area is 205 Å². The molecule has 5 heteroatoms. The lowest BCUT2D eigenvalue weighted by molar-refractivity contribution is 0.0600.